The predicted octanol–water partition coefficient (Wildman–Crippen LogP) is 3.49. The highest BCUT2D eigenvalue weighted by Crippen LogP contribution is 2.25. The third-order valence-electron chi connectivity index (χ3n) is 4.44. The Hall–Kier alpha value is -3.95. The van der Waals surface area contributed by atoms with Crippen LogP contribution in [-0.2, 0) is 11.3 Å². The van der Waals surface area contributed by atoms with Crippen molar-refractivity contribution in [3.8, 4) is 0 Å². The monoisotopic (exact) mass is 427 g/mol. The van der Waals surface area contributed by atoms with E-state index in [2.05, 4.69) is 15.1 Å². The van der Waals surface area contributed by atoms with Crippen molar-refractivity contribution in [1.29, 1.82) is 0 Å². The zero-order valence-electron chi connectivity index (χ0n) is 16.0. The van der Waals surface area contributed by atoms with Crippen LogP contribution in [0.15, 0.2) is 78.3 Å². The zero-order valence-corrected chi connectivity index (χ0v) is 16.0. The van der Waals surface area contributed by atoms with Gasteiger partial charge in [0.2, 0.25) is 5.90 Å². The number of nitrogens with one attached hydrogen (secondary N) is 1. The Labute approximate surface area is 175 Å². The summed E-state index contributed by atoms with van der Waals surface area (Å²) in [6, 6.07) is 15.5. The highest BCUT2D eigenvalue weighted by atomic mass is 19.4. The molecule has 3 aromatic rings. The Bertz CT molecular complexity index is 1070. The van der Waals surface area contributed by atoms with E-state index in [1.54, 1.807) is 41.3 Å². The molecule has 1 aliphatic rings. The van der Waals surface area contributed by atoms with E-state index in [4.69, 9.17) is 4.74 Å². The van der Waals surface area contributed by atoms with Gasteiger partial charge in [-0.15, -0.1) is 5.10 Å². The van der Waals surface area contributed by atoms with E-state index in [1.165, 1.54) is 18.6 Å². The van der Waals surface area contributed by atoms with E-state index < -0.39 is 12.4 Å². The van der Waals surface area contributed by atoms with Gasteiger partial charge in [-0.3, -0.25) is 20.2 Å². The number of halogens is 3. The Morgan fingerprint density at radius 2 is 1.81 bits per heavy atom. The summed E-state index contributed by atoms with van der Waals surface area (Å²) in [6.07, 6.45) is -2.34. The number of anilines is 1. The number of alkyl halides is 3. The SMILES string of the molecule is O=C(c1ccncc1)N(Cc1ccc(C2=NNC(C(F)(F)F)O2)cn1)c1ccccc1. The molecule has 0 bridgehead atoms. The van der Waals surface area contributed by atoms with Crippen LogP contribution < -0.4 is 10.3 Å². The number of para-hydroxylation sites is 1. The number of pyridine rings is 2. The van der Waals surface area contributed by atoms with Gasteiger partial charge in [0.15, 0.2) is 0 Å². The number of amides is 1. The van der Waals surface area contributed by atoms with Crippen LogP contribution in [0.25, 0.3) is 0 Å². The van der Waals surface area contributed by atoms with Crippen molar-refractivity contribution < 1.29 is 22.7 Å². The van der Waals surface area contributed by atoms with Crippen molar-refractivity contribution in [3.05, 3.63) is 90.0 Å². The third-order valence-corrected chi connectivity index (χ3v) is 4.44. The molecule has 1 unspecified atom stereocenters. The maximum absolute atomic E-state index is 13.1. The molecular weight excluding hydrogens is 411 g/mol. The summed E-state index contributed by atoms with van der Waals surface area (Å²) in [5, 5.41) is 3.57. The summed E-state index contributed by atoms with van der Waals surface area (Å²) in [5.41, 5.74) is 3.87. The molecule has 1 N–H and O–H groups in total. The fourth-order valence-corrected chi connectivity index (χ4v) is 2.90. The fraction of sp³-hybridized carbons (Fsp3) is 0.143. The Kier molecular flexibility index (Phi) is 5.52. The van der Waals surface area contributed by atoms with Crippen LogP contribution in [0.5, 0.6) is 0 Å². The summed E-state index contributed by atoms with van der Waals surface area (Å²) < 4.78 is 43.0. The van der Waals surface area contributed by atoms with Crippen LogP contribution >= 0.6 is 0 Å². The van der Waals surface area contributed by atoms with Crippen molar-refractivity contribution in [2.45, 2.75) is 18.9 Å². The average molecular weight is 427 g/mol. The largest absolute Gasteiger partial charge is 0.446 e. The molecule has 0 radical (unpaired) electrons. The van der Waals surface area contributed by atoms with Crippen LogP contribution in [0.4, 0.5) is 18.9 Å². The van der Waals surface area contributed by atoms with E-state index in [1.807, 2.05) is 23.6 Å². The highest BCUT2D eigenvalue weighted by molar-refractivity contribution is 6.05. The van der Waals surface area contributed by atoms with Gasteiger partial charge in [-0.1, -0.05) is 18.2 Å². The summed E-state index contributed by atoms with van der Waals surface area (Å²) in [5.74, 6) is -0.436. The van der Waals surface area contributed by atoms with Gasteiger partial charge in [-0.25, -0.2) is 0 Å². The number of hydrogen-bond acceptors (Lipinski definition) is 6. The van der Waals surface area contributed by atoms with Crippen LogP contribution in [0.1, 0.15) is 21.6 Å². The summed E-state index contributed by atoms with van der Waals surface area (Å²) in [6.45, 7) is 0.155. The molecule has 0 saturated heterocycles. The van der Waals surface area contributed by atoms with Gasteiger partial charge in [0.1, 0.15) is 0 Å². The minimum absolute atomic E-state index is 0.155. The topological polar surface area (TPSA) is 79.7 Å². The van der Waals surface area contributed by atoms with Crippen LogP contribution in [0.3, 0.4) is 0 Å². The second-order valence-corrected chi connectivity index (χ2v) is 6.59. The quantitative estimate of drug-likeness (QED) is 0.674. The number of nitrogens with zero attached hydrogens (tertiary/aromatic N) is 4. The number of carbonyl (C=O) groups is 1. The van der Waals surface area contributed by atoms with Gasteiger partial charge >= 0.3 is 6.18 Å². The minimum atomic E-state index is -4.58. The van der Waals surface area contributed by atoms with Gasteiger partial charge in [-0.05, 0) is 36.4 Å². The van der Waals surface area contributed by atoms with E-state index in [-0.39, 0.29) is 23.9 Å². The smallest absolute Gasteiger partial charge is 0.441 e. The number of hydrazone groups is 1. The predicted molar refractivity (Wildman–Crippen MR) is 106 cm³/mol. The van der Waals surface area contributed by atoms with E-state index >= 15 is 0 Å². The first-order chi connectivity index (χ1) is 14.9. The Balaban J connectivity index is 1.53. The van der Waals surface area contributed by atoms with E-state index in [0.717, 1.165) is 0 Å². The second kappa shape index (κ2) is 8.42. The molecule has 31 heavy (non-hydrogen) atoms. The number of aromatic nitrogens is 2. The molecular formula is C21H16F3N5O2. The molecule has 0 spiro atoms. The molecule has 4 rings (SSSR count). The standard InChI is InChI=1S/C21H16F3N5O2/c22-21(23,24)20-28-27-18(31-20)15-6-7-16(26-12-15)13-29(17-4-2-1-3-5-17)19(30)14-8-10-25-11-9-14/h1-12,20,28H,13H2. The number of carbonyl (C=O) groups excluding carboxylic acids is 1. The maximum atomic E-state index is 13.1. The van der Waals surface area contributed by atoms with Gasteiger partial charge < -0.3 is 9.64 Å². The third kappa shape index (κ3) is 4.63. The minimum Gasteiger partial charge on any atom is -0.441 e. The maximum Gasteiger partial charge on any atom is 0.446 e. The van der Waals surface area contributed by atoms with E-state index in [9.17, 15) is 18.0 Å². The van der Waals surface area contributed by atoms with Gasteiger partial charge in [0, 0.05) is 29.8 Å². The van der Waals surface area contributed by atoms with Crippen molar-refractivity contribution >= 4 is 17.5 Å². The second-order valence-electron chi connectivity index (χ2n) is 6.59. The lowest BCUT2D eigenvalue weighted by molar-refractivity contribution is -0.201. The zero-order chi connectivity index (χ0) is 21.8. The molecule has 1 aromatic carbocycles. The van der Waals surface area contributed by atoms with Crippen molar-refractivity contribution in [3.63, 3.8) is 0 Å². The lowest BCUT2D eigenvalue weighted by atomic mass is 10.2. The van der Waals surface area contributed by atoms with Crippen LogP contribution in [-0.4, -0.2) is 34.2 Å². The summed E-state index contributed by atoms with van der Waals surface area (Å²) in [7, 11) is 0. The van der Waals surface area contributed by atoms with Crippen LogP contribution in [0.2, 0.25) is 0 Å². The Morgan fingerprint density at radius 1 is 1.06 bits per heavy atom. The van der Waals surface area contributed by atoms with Crippen LogP contribution in [0, 0.1) is 0 Å². The lowest BCUT2D eigenvalue weighted by Crippen LogP contribution is -2.38. The summed E-state index contributed by atoms with van der Waals surface area (Å²) in [4.78, 5) is 22.8. The molecule has 158 valence electrons. The van der Waals surface area contributed by atoms with Crippen molar-refractivity contribution in [1.82, 2.24) is 15.4 Å². The molecule has 3 heterocycles. The average Bonchev–Trinajstić information content (AvgIpc) is 3.30. The van der Waals surface area contributed by atoms with Gasteiger partial charge in [0.05, 0.1) is 17.8 Å². The molecule has 0 saturated carbocycles. The number of hydrogen-bond donors (Lipinski definition) is 1. The first-order valence-electron chi connectivity index (χ1n) is 9.20. The van der Waals surface area contributed by atoms with E-state index in [0.29, 0.717) is 16.9 Å². The normalized spacial score (nSPS) is 15.6. The lowest BCUT2D eigenvalue weighted by Gasteiger charge is -2.22. The number of benzene rings is 1. The van der Waals surface area contributed by atoms with Gasteiger partial charge in [-0.2, -0.15) is 13.2 Å². The molecule has 2 aromatic heterocycles. The molecule has 0 aliphatic carbocycles. The Morgan fingerprint density at radius 3 is 2.42 bits per heavy atom. The van der Waals surface area contributed by atoms with Crippen molar-refractivity contribution in [2.24, 2.45) is 5.10 Å². The fourth-order valence-electron chi connectivity index (χ4n) is 2.90. The first-order valence-corrected chi connectivity index (χ1v) is 9.20. The molecule has 7 nitrogen and oxygen atoms in total. The first kappa shape index (κ1) is 20.3. The van der Waals surface area contributed by atoms with Gasteiger partial charge in [0.25, 0.3) is 12.1 Å². The summed E-state index contributed by atoms with van der Waals surface area (Å²) >= 11 is 0. The number of rotatable bonds is 5. The number of ether oxygens (including phenoxy) is 1. The molecule has 0 fully saturated rings. The molecule has 10 heteroatoms. The molecule has 1 amide bonds. The van der Waals surface area contributed by atoms with Crippen molar-refractivity contribution in [2.75, 3.05) is 4.90 Å². The highest BCUT2D eigenvalue weighted by Gasteiger charge is 2.45. The molecule has 1 atom stereocenters. The molecule has 1 aliphatic heterocycles.